The molecule has 6 heteroatoms. The minimum Gasteiger partial charge on any atom is -0.297 e. The number of rotatable bonds is 5. The third-order valence-electron chi connectivity index (χ3n) is 5.51. The van der Waals surface area contributed by atoms with E-state index >= 15 is 0 Å². The van der Waals surface area contributed by atoms with E-state index in [0.29, 0.717) is 5.69 Å². The van der Waals surface area contributed by atoms with Gasteiger partial charge in [-0.25, -0.2) is 9.29 Å². The highest BCUT2D eigenvalue weighted by molar-refractivity contribution is 6.22. The van der Waals surface area contributed by atoms with E-state index in [0.717, 1.165) is 37.6 Å². The summed E-state index contributed by atoms with van der Waals surface area (Å²) in [5.41, 5.74) is 1.49. The highest BCUT2D eigenvalue weighted by atomic mass is 19.1. The van der Waals surface area contributed by atoms with Crippen LogP contribution in [0.25, 0.3) is 6.08 Å². The van der Waals surface area contributed by atoms with Crippen molar-refractivity contribution in [1.29, 1.82) is 0 Å². The summed E-state index contributed by atoms with van der Waals surface area (Å²) >= 11 is 0. The lowest BCUT2D eigenvalue weighted by Crippen LogP contribution is -2.52. The van der Waals surface area contributed by atoms with Gasteiger partial charge in [0, 0.05) is 32.7 Å². The van der Waals surface area contributed by atoms with Gasteiger partial charge in [0.25, 0.3) is 5.91 Å². The minimum absolute atomic E-state index is 0.156. The summed E-state index contributed by atoms with van der Waals surface area (Å²) in [5, 5.41) is 0. The van der Waals surface area contributed by atoms with Crippen LogP contribution >= 0.6 is 0 Å². The monoisotopic (exact) mass is 393 g/mol. The van der Waals surface area contributed by atoms with Crippen LogP contribution in [0.2, 0.25) is 0 Å². The molecule has 2 aromatic carbocycles. The maximum Gasteiger partial charge on any atom is 0.251 e. The number of benzene rings is 2. The van der Waals surface area contributed by atoms with Crippen molar-refractivity contribution in [2.75, 3.05) is 37.6 Å². The Labute approximate surface area is 170 Å². The Balaban J connectivity index is 1.32. The lowest BCUT2D eigenvalue weighted by molar-refractivity contribution is -0.123. The molecule has 2 fully saturated rings. The summed E-state index contributed by atoms with van der Waals surface area (Å²) < 4.78 is 13.5. The molecule has 0 N–H and O–H groups in total. The Bertz CT molecular complexity index is 907. The van der Waals surface area contributed by atoms with Gasteiger partial charge in [-0.2, -0.15) is 0 Å². The number of hydrogen-bond acceptors (Lipinski definition) is 4. The molecule has 0 aliphatic carbocycles. The van der Waals surface area contributed by atoms with Gasteiger partial charge in [-0.1, -0.05) is 48.6 Å². The zero-order valence-corrected chi connectivity index (χ0v) is 16.2. The lowest BCUT2D eigenvalue weighted by atomic mass is 10.1. The molecule has 2 heterocycles. The van der Waals surface area contributed by atoms with Crippen molar-refractivity contribution >= 4 is 23.6 Å². The molecular weight excluding hydrogens is 369 g/mol. The highest BCUT2D eigenvalue weighted by Gasteiger charge is 2.43. The Morgan fingerprint density at radius 2 is 1.72 bits per heavy atom. The Morgan fingerprint density at radius 1 is 0.966 bits per heavy atom. The molecule has 2 amide bonds. The number of imide groups is 1. The first-order chi connectivity index (χ1) is 14.1. The topological polar surface area (TPSA) is 43.9 Å². The Morgan fingerprint density at radius 3 is 2.45 bits per heavy atom. The summed E-state index contributed by atoms with van der Waals surface area (Å²) in [5.74, 6) is -0.972. The number of carbonyl (C=O) groups is 2. The molecule has 0 bridgehead atoms. The van der Waals surface area contributed by atoms with E-state index in [1.165, 1.54) is 23.8 Å². The van der Waals surface area contributed by atoms with E-state index in [1.54, 1.807) is 6.07 Å². The fourth-order valence-electron chi connectivity index (χ4n) is 3.95. The molecule has 0 spiro atoms. The van der Waals surface area contributed by atoms with Crippen LogP contribution in [0.5, 0.6) is 0 Å². The van der Waals surface area contributed by atoms with E-state index in [2.05, 4.69) is 34.1 Å². The van der Waals surface area contributed by atoms with Crippen LogP contribution in [0.15, 0.2) is 60.7 Å². The summed E-state index contributed by atoms with van der Waals surface area (Å²) in [6, 6.07) is 15.4. The van der Waals surface area contributed by atoms with E-state index < -0.39 is 11.9 Å². The van der Waals surface area contributed by atoms with Gasteiger partial charge in [0.1, 0.15) is 5.82 Å². The zero-order valence-electron chi connectivity index (χ0n) is 16.2. The first kappa shape index (κ1) is 19.5. The predicted octanol–water partition coefficient (Wildman–Crippen LogP) is 2.79. The highest BCUT2D eigenvalue weighted by Crippen LogP contribution is 2.26. The molecule has 5 nitrogen and oxygen atoms in total. The average Bonchev–Trinajstić information content (AvgIpc) is 3.03. The van der Waals surface area contributed by atoms with Crippen molar-refractivity contribution in [2.24, 2.45) is 0 Å². The number of piperazine rings is 1. The van der Waals surface area contributed by atoms with Gasteiger partial charge in [0.2, 0.25) is 5.91 Å². The maximum absolute atomic E-state index is 13.5. The third-order valence-corrected chi connectivity index (χ3v) is 5.51. The van der Waals surface area contributed by atoms with Crippen LogP contribution in [0.1, 0.15) is 12.0 Å². The smallest absolute Gasteiger partial charge is 0.251 e. The SMILES string of the molecule is O=C1CC(N2CCN(CC=Cc3ccccc3)CC2)C(=O)N1c1cccc(F)c1. The van der Waals surface area contributed by atoms with Crippen LogP contribution in [0.4, 0.5) is 10.1 Å². The van der Waals surface area contributed by atoms with Crippen LogP contribution in [-0.2, 0) is 9.59 Å². The van der Waals surface area contributed by atoms with E-state index in [-0.39, 0.29) is 18.2 Å². The molecule has 4 rings (SSSR count). The van der Waals surface area contributed by atoms with Crippen molar-refractivity contribution in [3.8, 4) is 0 Å². The molecule has 0 aromatic heterocycles. The zero-order chi connectivity index (χ0) is 20.2. The van der Waals surface area contributed by atoms with Gasteiger partial charge < -0.3 is 0 Å². The van der Waals surface area contributed by atoms with Crippen molar-refractivity contribution in [3.63, 3.8) is 0 Å². The average molecular weight is 393 g/mol. The van der Waals surface area contributed by atoms with Gasteiger partial charge >= 0.3 is 0 Å². The molecule has 150 valence electrons. The van der Waals surface area contributed by atoms with Gasteiger partial charge in [0.15, 0.2) is 0 Å². The summed E-state index contributed by atoms with van der Waals surface area (Å²) in [6.45, 7) is 4.02. The number of amides is 2. The summed E-state index contributed by atoms with van der Waals surface area (Å²) in [4.78, 5) is 30.8. The first-order valence-corrected chi connectivity index (χ1v) is 9.92. The molecular formula is C23H24FN3O2. The molecule has 1 unspecified atom stereocenters. The molecule has 29 heavy (non-hydrogen) atoms. The molecule has 2 aromatic rings. The second-order valence-electron chi connectivity index (χ2n) is 7.42. The minimum atomic E-state index is -0.455. The predicted molar refractivity (Wildman–Crippen MR) is 111 cm³/mol. The molecule has 2 aliphatic rings. The number of hydrogen-bond donors (Lipinski definition) is 0. The van der Waals surface area contributed by atoms with Crippen LogP contribution in [-0.4, -0.2) is 60.4 Å². The molecule has 2 aliphatic heterocycles. The van der Waals surface area contributed by atoms with Crippen LogP contribution in [0, 0.1) is 5.82 Å². The molecule has 1 atom stereocenters. The van der Waals surface area contributed by atoms with Crippen molar-refractivity contribution in [1.82, 2.24) is 9.80 Å². The van der Waals surface area contributed by atoms with Crippen LogP contribution < -0.4 is 4.90 Å². The van der Waals surface area contributed by atoms with Gasteiger partial charge in [-0.05, 0) is 23.8 Å². The number of nitrogens with zero attached hydrogens (tertiary/aromatic N) is 3. The first-order valence-electron chi connectivity index (χ1n) is 9.92. The van der Waals surface area contributed by atoms with Crippen molar-refractivity contribution in [3.05, 3.63) is 72.1 Å². The molecule has 0 radical (unpaired) electrons. The number of carbonyl (C=O) groups excluding carboxylic acids is 2. The Kier molecular flexibility index (Phi) is 5.83. The van der Waals surface area contributed by atoms with Crippen molar-refractivity contribution < 1.29 is 14.0 Å². The largest absolute Gasteiger partial charge is 0.297 e. The fourth-order valence-corrected chi connectivity index (χ4v) is 3.95. The second kappa shape index (κ2) is 8.68. The van der Waals surface area contributed by atoms with E-state index in [4.69, 9.17) is 0 Å². The van der Waals surface area contributed by atoms with Crippen LogP contribution in [0.3, 0.4) is 0 Å². The quantitative estimate of drug-likeness (QED) is 0.733. The summed E-state index contributed by atoms with van der Waals surface area (Å²) in [6.07, 6.45) is 4.42. The second-order valence-corrected chi connectivity index (χ2v) is 7.42. The maximum atomic E-state index is 13.5. The van der Waals surface area contributed by atoms with Gasteiger partial charge in [-0.15, -0.1) is 0 Å². The number of anilines is 1. The van der Waals surface area contributed by atoms with Gasteiger partial charge in [0.05, 0.1) is 18.2 Å². The lowest BCUT2D eigenvalue weighted by Gasteiger charge is -2.36. The molecule has 2 saturated heterocycles. The van der Waals surface area contributed by atoms with E-state index in [1.807, 2.05) is 18.2 Å². The number of halogens is 1. The molecule has 0 saturated carbocycles. The van der Waals surface area contributed by atoms with E-state index in [9.17, 15) is 14.0 Å². The fraction of sp³-hybridized carbons (Fsp3) is 0.304. The Hall–Kier alpha value is -2.83. The third kappa shape index (κ3) is 4.44. The van der Waals surface area contributed by atoms with Crippen molar-refractivity contribution in [2.45, 2.75) is 12.5 Å². The normalized spacial score (nSPS) is 21.4. The summed E-state index contributed by atoms with van der Waals surface area (Å²) in [7, 11) is 0. The standard InChI is InChI=1S/C23H24FN3O2/c24-19-9-4-10-20(16-19)27-22(28)17-21(23(27)29)26-14-12-25(13-15-26)11-5-8-18-6-2-1-3-7-18/h1-10,16,21H,11-15,17H2. The van der Waals surface area contributed by atoms with Gasteiger partial charge in [-0.3, -0.25) is 19.4 Å².